The molecule has 2 atom stereocenters. The molecule has 1 saturated heterocycles. The van der Waals surface area contributed by atoms with E-state index in [0.29, 0.717) is 6.61 Å². The van der Waals surface area contributed by atoms with Crippen LogP contribution in [0.2, 0.25) is 0 Å². The molecular formula is C9H11NO2S. The van der Waals surface area contributed by atoms with Gasteiger partial charge in [-0.3, -0.25) is 0 Å². The van der Waals surface area contributed by atoms with Crippen LogP contribution in [0.1, 0.15) is 11.0 Å². The molecule has 1 aromatic heterocycles. The standard InChI is InChI=1S/C9H11NO2S/c11-6-7-9(12-4-3-10-7)8-2-1-5-13-8/h1-2,5-7,9-10H,3-4H2. The van der Waals surface area contributed by atoms with Crippen LogP contribution >= 0.6 is 11.3 Å². The molecule has 2 rings (SSSR count). The fourth-order valence-electron chi connectivity index (χ4n) is 1.45. The molecule has 0 radical (unpaired) electrons. The first kappa shape index (κ1) is 8.87. The van der Waals surface area contributed by atoms with E-state index in [-0.39, 0.29) is 12.1 Å². The fraction of sp³-hybridized carbons (Fsp3) is 0.444. The number of ether oxygens (including phenoxy) is 1. The number of nitrogens with one attached hydrogen (secondary N) is 1. The first-order valence-corrected chi connectivity index (χ1v) is 5.13. The number of hydrogen-bond acceptors (Lipinski definition) is 4. The molecule has 2 heterocycles. The molecule has 3 nitrogen and oxygen atoms in total. The Morgan fingerprint density at radius 2 is 2.62 bits per heavy atom. The Kier molecular flexibility index (Phi) is 2.73. The van der Waals surface area contributed by atoms with Gasteiger partial charge in [-0.15, -0.1) is 11.3 Å². The normalized spacial score (nSPS) is 28.6. The molecule has 1 fully saturated rings. The number of rotatable bonds is 2. The van der Waals surface area contributed by atoms with Gasteiger partial charge >= 0.3 is 0 Å². The summed E-state index contributed by atoms with van der Waals surface area (Å²) in [5, 5.41) is 5.12. The summed E-state index contributed by atoms with van der Waals surface area (Å²) in [4.78, 5) is 11.8. The summed E-state index contributed by atoms with van der Waals surface area (Å²) in [7, 11) is 0. The van der Waals surface area contributed by atoms with Gasteiger partial charge in [0.1, 0.15) is 12.4 Å². The third-order valence-corrected chi connectivity index (χ3v) is 3.01. The van der Waals surface area contributed by atoms with Crippen LogP contribution in [0.3, 0.4) is 0 Å². The molecular weight excluding hydrogens is 186 g/mol. The Hall–Kier alpha value is -0.710. The third-order valence-electron chi connectivity index (χ3n) is 2.08. The van der Waals surface area contributed by atoms with Gasteiger partial charge in [-0.1, -0.05) is 6.07 Å². The molecule has 0 aromatic carbocycles. The van der Waals surface area contributed by atoms with Gasteiger partial charge in [-0.25, -0.2) is 0 Å². The maximum Gasteiger partial charge on any atom is 0.139 e. The highest BCUT2D eigenvalue weighted by molar-refractivity contribution is 7.10. The van der Waals surface area contributed by atoms with Gasteiger partial charge in [0.15, 0.2) is 0 Å². The molecule has 2 unspecified atom stereocenters. The van der Waals surface area contributed by atoms with Crippen molar-refractivity contribution in [2.24, 2.45) is 0 Å². The van der Waals surface area contributed by atoms with Gasteiger partial charge in [-0.2, -0.15) is 0 Å². The molecule has 1 aromatic rings. The fourth-order valence-corrected chi connectivity index (χ4v) is 2.27. The first-order valence-electron chi connectivity index (χ1n) is 4.25. The van der Waals surface area contributed by atoms with Crippen LogP contribution < -0.4 is 5.32 Å². The predicted molar refractivity (Wildman–Crippen MR) is 50.9 cm³/mol. The second kappa shape index (κ2) is 4.00. The van der Waals surface area contributed by atoms with Crippen LogP contribution in [-0.2, 0) is 9.53 Å². The van der Waals surface area contributed by atoms with Crippen molar-refractivity contribution in [3.63, 3.8) is 0 Å². The number of aldehydes is 1. The molecule has 13 heavy (non-hydrogen) atoms. The summed E-state index contributed by atoms with van der Waals surface area (Å²) in [5.74, 6) is 0. The minimum Gasteiger partial charge on any atom is -0.369 e. The van der Waals surface area contributed by atoms with Gasteiger partial charge in [0, 0.05) is 11.4 Å². The molecule has 1 aliphatic heterocycles. The summed E-state index contributed by atoms with van der Waals surface area (Å²) in [6, 6.07) is 3.78. The van der Waals surface area contributed by atoms with E-state index in [1.54, 1.807) is 11.3 Å². The lowest BCUT2D eigenvalue weighted by atomic mass is 10.1. The number of thiophene rings is 1. The van der Waals surface area contributed by atoms with E-state index in [9.17, 15) is 4.79 Å². The molecule has 0 spiro atoms. The third kappa shape index (κ3) is 1.80. The SMILES string of the molecule is O=CC1NCCOC1c1cccs1. The van der Waals surface area contributed by atoms with Crippen LogP contribution in [0.5, 0.6) is 0 Å². The molecule has 70 valence electrons. The second-order valence-corrected chi connectivity index (χ2v) is 3.90. The van der Waals surface area contributed by atoms with E-state index in [1.165, 1.54) is 0 Å². The Balaban J connectivity index is 2.15. The van der Waals surface area contributed by atoms with Crippen LogP contribution in [-0.4, -0.2) is 25.5 Å². The van der Waals surface area contributed by atoms with Crippen LogP contribution in [0.25, 0.3) is 0 Å². The van der Waals surface area contributed by atoms with Gasteiger partial charge in [0.05, 0.1) is 12.6 Å². The zero-order valence-corrected chi connectivity index (χ0v) is 7.92. The molecule has 0 bridgehead atoms. The Bertz CT molecular complexity index is 273. The summed E-state index contributed by atoms with van der Waals surface area (Å²) in [6.45, 7) is 1.43. The van der Waals surface area contributed by atoms with Crippen molar-refractivity contribution >= 4 is 17.6 Å². The van der Waals surface area contributed by atoms with Crippen molar-refractivity contribution in [3.05, 3.63) is 22.4 Å². The predicted octanol–water partition coefficient (Wildman–Crippen LogP) is 0.976. The summed E-state index contributed by atoms with van der Waals surface area (Å²) in [5.41, 5.74) is 0. The summed E-state index contributed by atoms with van der Waals surface area (Å²) >= 11 is 1.62. The maximum atomic E-state index is 10.7. The zero-order valence-electron chi connectivity index (χ0n) is 7.10. The minimum atomic E-state index is -0.188. The lowest BCUT2D eigenvalue weighted by molar-refractivity contribution is -0.115. The molecule has 0 amide bonds. The summed E-state index contributed by atoms with van der Waals surface area (Å²) in [6.07, 6.45) is 0.829. The van der Waals surface area contributed by atoms with Crippen LogP contribution in [0.15, 0.2) is 17.5 Å². The van der Waals surface area contributed by atoms with E-state index in [2.05, 4.69) is 5.32 Å². The van der Waals surface area contributed by atoms with Crippen molar-refractivity contribution < 1.29 is 9.53 Å². The molecule has 1 aliphatic rings. The molecule has 1 N–H and O–H groups in total. The van der Waals surface area contributed by atoms with Gasteiger partial charge in [0.25, 0.3) is 0 Å². The lowest BCUT2D eigenvalue weighted by Gasteiger charge is -2.28. The van der Waals surface area contributed by atoms with E-state index in [1.807, 2.05) is 17.5 Å². The smallest absolute Gasteiger partial charge is 0.139 e. The van der Waals surface area contributed by atoms with E-state index in [4.69, 9.17) is 4.74 Å². The second-order valence-electron chi connectivity index (χ2n) is 2.92. The first-order chi connectivity index (χ1) is 6.42. The van der Waals surface area contributed by atoms with Crippen molar-refractivity contribution in [1.82, 2.24) is 5.32 Å². The Morgan fingerprint density at radius 3 is 3.31 bits per heavy atom. The average Bonchev–Trinajstić information content (AvgIpc) is 2.70. The van der Waals surface area contributed by atoms with E-state index in [0.717, 1.165) is 17.7 Å². The maximum absolute atomic E-state index is 10.7. The number of morpholine rings is 1. The van der Waals surface area contributed by atoms with Crippen LogP contribution in [0, 0.1) is 0 Å². The van der Waals surface area contributed by atoms with Crippen molar-refractivity contribution in [2.75, 3.05) is 13.2 Å². The summed E-state index contributed by atoms with van der Waals surface area (Å²) < 4.78 is 5.54. The van der Waals surface area contributed by atoms with Crippen molar-refractivity contribution in [3.8, 4) is 0 Å². The monoisotopic (exact) mass is 197 g/mol. The van der Waals surface area contributed by atoms with Crippen LogP contribution in [0.4, 0.5) is 0 Å². The van der Waals surface area contributed by atoms with Gasteiger partial charge in [0.2, 0.25) is 0 Å². The van der Waals surface area contributed by atoms with E-state index >= 15 is 0 Å². The average molecular weight is 197 g/mol. The molecule has 4 heteroatoms. The van der Waals surface area contributed by atoms with Crippen molar-refractivity contribution in [2.45, 2.75) is 12.1 Å². The number of carbonyl (C=O) groups is 1. The number of hydrogen-bond donors (Lipinski definition) is 1. The zero-order chi connectivity index (χ0) is 9.10. The van der Waals surface area contributed by atoms with Gasteiger partial charge in [-0.05, 0) is 11.4 Å². The Morgan fingerprint density at radius 1 is 1.69 bits per heavy atom. The highest BCUT2D eigenvalue weighted by Gasteiger charge is 2.27. The molecule has 0 aliphatic carbocycles. The lowest BCUT2D eigenvalue weighted by Crippen LogP contribution is -2.44. The van der Waals surface area contributed by atoms with E-state index < -0.39 is 0 Å². The van der Waals surface area contributed by atoms with Gasteiger partial charge < -0.3 is 14.8 Å². The number of carbonyl (C=O) groups excluding carboxylic acids is 1. The topological polar surface area (TPSA) is 38.3 Å². The highest BCUT2D eigenvalue weighted by atomic mass is 32.1. The van der Waals surface area contributed by atoms with Crippen molar-refractivity contribution in [1.29, 1.82) is 0 Å². The largest absolute Gasteiger partial charge is 0.369 e. The minimum absolute atomic E-state index is 0.0914. The highest BCUT2D eigenvalue weighted by Crippen LogP contribution is 2.26. The Labute approximate surface area is 80.7 Å². The quantitative estimate of drug-likeness (QED) is 0.718. The molecule has 0 saturated carbocycles.